The van der Waals surface area contributed by atoms with Crippen LogP contribution in [0.4, 0.5) is 5.69 Å². The highest BCUT2D eigenvalue weighted by Gasteiger charge is 2.06. The van der Waals surface area contributed by atoms with Gasteiger partial charge in [-0.3, -0.25) is 9.59 Å². The minimum absolute atomic E-state index is 0.104. The van der Waals surface area contributed by atoms with Crippen LogP contribution in [-0.2, 0) is 9.59 Å². The standard InChI is InChI=1S/C30H27N3O4/c1-22-7-5-6-10-28(22)32-29(34)20-36-26-15-11-23(12-16-26)19-31-33-30(35)21-37-27-17-13-25(14-18-27)24-8-3-2-4-9-24/h2-19H,20-21H2,1H3,(H,32,34)(H,33,35)/b31-19+. The van der Waals surface area contributed by atoms with Gasteiger partial charge in [0.15, 0.2) is 13.2 Å². The Morgan fingerprint density at radius 3 is 1.95 bits per heavy atom. The fourth-order valence-corrected chi connectivity index (χ4v) is 3.43. The molecule has 2 N–H and O–H groups in total. The van der Waals surface area contributed by atoms with Crippen LogP contribution in [0.15, 0.2) is 108 Å². The number of amides is 2. The van der Waals surface area contributed by atoms with Crippen LogP contribution in [0.5, 0.6) is 11.5 Å². The van der Waals surface area contributed by atoms with Crippen LogP contribution in [0.25, 0.3) is 11.1 Å². The first-order valence-corrected chi connectivity index (χ1v) is 11.8. The summed E-state index contributed by atoms with van der Waals surface area (Å²) in [4.78, 5) is 24.2. The van der Waals surface area contributed by atoms with E-state index in [0.717, 1.165) is 27.9 Å². The quantitative estimate of drug-likeness (QED) is 0.235. The van der Waals surface area contributed by atoms with Crippen molar-refractivity contribution in [1.82, 2.24) is 5.43 Å². The molecule has 0 unspecified atom stereocenters. The SMILES string of the molecule is Cc1ccccc1NC(=O)COc1ccc(/C=N/NC(=O)COc2ccc(-c3ccccc3)cc2)cc1. The monoisotopic (exact) mass is 493 g/mol. The van der Waals surface area contributed by atoms with Crippen molar-refractivity contribution in [3.8, 4) is 22.6 Å². The number of anilines is 1. The van der Waals surface area contributed by atoms with Crippen molar-refractivity contribution in [2.75, 3.05) is 18.5 Å². The molecule has 0 spiro atoms. The Labute approximate surface area is 215 Å². The largest absolute Gasteiger partial charge is 0.484 e. The summed E-state index contributed by atoms with van der Waals surface area (Å²) in [6, 6.07) is 32.1. The van der Waals surface area contributed by atoms with E-state index in [4.69, 9.17) is 9.47 Å². The highest BCUT2D eigenvalue weighted by molar-refractivity contribution is 5.92. The van der Waals surface area contributed by atoms with E-state index in [0.29, 0.717) is 11.5 Å². The lowest BCUT2D eigenvalue weighted by Crippen LogP contribution is -2.24. The third kappa shape index (κ3) is 7.80. The van der Waals surface area contributed by atoms with Crippen LogP contribution in [0.1, 0.15) is 11.1 Å². The summed E-state index contributed by atoms with van der Waals surface area (Å²) in [5.41, 5.74) is 7.13. The molecule has 4 aromatic rings. The molecule has 37 heavy (non-hydrogen) atoms. The highest BCUT2D eigenvalue weighted by Crippen LogP contribution is 2.22. The van der Waals surface area contributed by atoms with E-state index in [1.54, 1.807) is 24.3 Å². The topological polar surface area (TPSA) is 89.0 Å². The summed E-state index contributed by atoms with van der Waals surface area (Å²) in [7, 11) is 0. The summed E-state index contributed by atoms with van der Waals surface area (Å²) in [5, 5.41) is 6.78. The number of carbonyl (C=O) groups excluding carboxylic acids is 2. The first-order valence-electron chi connectivity index (χ1n) is 11.8. The van der Waals surface area contributed by atoms with Crippen molar-refractivity contribution < 1.29 is 19.1 Å². The summed E-state index contributed by atoms with van der Waals surface area (Å²) in [6.45, 7) is 1.67. The van der Waals surface area contributed by atoms with Crippen LogP contribution >= 0.6 is 0 Å². The van der Waals surface area contributed by atoms with Gasteiger partial charge in [-0.05, 0) is 71.6 Å². The molecule has 186 valence electrons. The lowest BCUT2D eigenvalue weighted by atomic mass is 10.1. The molecule has 0 radical (unpaired) electrons. The molecular weight excluding hydrogens is 466 g/mol. The maximum absolute atomic E-state index is 12.1. The molecule has 0 fully saturated rings. The fourth-order valence-electron chi connectivity index (χ4n) is 3.43. The van der Waals surface area contributed by atoms with Crippen LogP contribution < -0.4 is 20.2 Å². The second kappa shape index (κ2) is 12.7. The van der Waals surface area contributed by atoms with Gasteiger partial charge >= 0.3 is 0 Å². The molecule has 7 nitrogen and oxygen atoms in total. The number of hydrogen-bond acceptors (Lipinski definition) is 5. The Kier molecular flexibility index (Phi) is 8.64. The molecule has 2 amide bonds. The van der Waals surface area contributed by atoms with Gasteiger partial charge < -0.3 is 14.8 Å². The lowest BCUT2D eigenvalue weighted by molar-refractivity contribution is -0.123. The smallest absolute Gasteiger partial charge is 0.277 e. The van der Waals surface area contributed by atoms with Gasteiger partial charge in [0, 0.05) is 5.69 Å². The third-order valence-corrected chi connectivity index (χ3v) is 5.40. The maximum atomic E-state index is 12.1. The molecule has 0 bridgehead atoms. The molecular formula is C30H27N3O4. The van der Waals surface area contributed by atoms with Gasteiger partial charge in [-0.25, -0.2) is 5.43 Å². The van der Waals surface area contributed by atoms with E-state index in [1.165, 1.54) is 6.21 Å². The molecule has 0 heterocycles. The number of nitrogens with zero attached hydrogens (tertiary/aromatic N) is 1. The van der Waals surface area contributed by atoms with E-state index in [-0.39, 0.29) is 25.0 Å². The van der Waals surface area contributed by atoms with Crippen LogP contribution in [0.3, 0.4) is 0 Å². The number of para-hydroxylation sites is 1. The molecule has 0 saturated heterocycles. The fraction of sp³-hybridized carbons (Fsp3) is 0.100. The van der Waals surface area contributed by atoms with E-state index in [1.807, 2.05) is 85.8 Å². The molecule has 0 aliphatic rings. The van der Waals surface area contributed by atoms with Gasteiger partial charge in [0.2, 0.25) is 0 Å². The van der Waals surface area contributed by atoms with Gasteiger partial charge in [-0.2, -0.15) is 5.10 Å². The van der Waals surface area contributed by atoms with Crippen molar-refractivity contribution in [3.05, 3.63) is 114 Å². The van der Waals surface area contributed by atoms with E-state index in [2.05, 4.69) is 15.8 Å². The van der Waals surface area contributed by atoms with Gasteiger partial charge in [0.25, 0.3) is 11.8 Å². The van der Waals surface area contributed by atoms with Gasteiger partial charge in [-0.15, -0.1) is 0 Å². The highest BCUT2D eigenvalue weighted by atomic mass is 16.5. The number of rotatable bonds is 10. The molecule has 4 aromatic carbocycles. The molecule has 0 saturated carbocycles. The second-order valence-electron chi connectivity index (χ2n) is 8.19. The number of carbonyl (C=O) groups is 2. The van der Waals surface area contributed by atoms with Crippen LogP contribution in [0.2, 0.25) is 0 Å². The van der Waals surface area contributed by atoms with Gasteiger partial charge in [0.05, 0.1) is 6.21 Å². The number of nitrogens with one attached hydrogen (secondary N) is 2. The van der Waals surface area contributed by atoms with Crippen molar-refractivity contribution in [1.29, 1.82) is 0 Å². The van der Waals surface area contributed by atoms with Crippen molar-refractivity contribution in [3.63, 3.8) is 0 Å². The Morgan fingerprint density at radius 2 is 1.27 bits per heavy atom. The first-order chi connectivity index (χ1) is 18.1. The summed E-state index contributed by atoms with van der Waals surface area (Å²) >= 11 is 0. The predicted molar refractivity (Wildman–Crippen MR) is 145 cm³/mol. The Hall–Kier alpha value is -4.91. The predicted octanol–water partition coefficient (Wildman–Crippen LogP) is 5.21. The Bertz CT molecular complexity index is 1350. The molecule has 7 heteroatoms. The molecule has 0 aromatic heterocycles. The number of hydrogen-bond donors (Lipinski definition) is 2. The van der Waals surface area contributed by atoms with Gasteiger partial charge in [0.1, 0.15) is 11.5 Å². The Balaban J connectivity index is 1.17. The first kappa shape index (κ1) is 25.2. The Morgan fingerprint density at radius 1 is 0.703 bits per heavy atom. The van der Waals surface area contributed by atoms with Crippen LogP contribution in [0, 0.1) is 6.92 Å². The molecule has 0 aliphatic heterocycles. The van der Waals surface area contributed by atoms with E-state index >= 15 is 0 Å². The zero-order valence-electron chi connectivity index (χ0n) is 20.4. The summed E-state index contributed by atoms with van der Waals surface area (Å²) in [5.74, 6) is 0.537. The third-order valence-electron chi connectivity index (χ3n) is 5.40. The maximum Gasteiger partial charge on any atom is 0.277 e. The number of aryl methyl sites for hydroxylation is 1. The van der Waals surface area contributed by atoms with Crippen molar-refractivity contribution in [2.45, 2.75) is 6.92 Å². The normalized spacial score (nSPS) is 10.6. The number of benzene rings is 4. The zero-order valence-corrected chi connectivity index (χ0v) is 20.4. The number of hydrazone groups is 1. The second-order valence-corrected chi connectivity index (χ2v) is 8.19. The average molecular weight is 494 g/mol. The molecule has 4 rings (SSSR count). The number of ether oxygens (including phenoxy) is 2. The molecule has 0 atom stereocenters. The zero-order chi connectivity index (χ0) is 25.9. The van der Waals surface area contributed by atoms with E-state index < -0.39 is 0 Å². The average Bonchev–Trinajstić information content (AvgIpc) is 2.93. The lowest BCUT2D eigenvalue weighted by Gasteiger charge is -2.09. The van der Waals surface area contributed by atoms with Crippen molar-refractivity contribution >= 4 is 23.7 Å². The minimum Gasteiger partial charge on any atom is -0.484 e. The van der Waals surface area contributed by atoms with E-state index in [9.17, 15) is 9.59 Å². The summed E-state index contributed by atoms with van der Waals surface area (Å²) < 4.78 is 11.1. The molecule has 0 aliphatic carbocycles. The minimum atomic E-state index is -0.372. The van der Waals surface area contributed by atoms with Crippen molar-refractivity contribution in [2.24, 2.45) is 5.10 Å². The van der Waals surface area contributed by atoms with Gasteiger partial charge in [-0.1, -0.05) is 60.7 Å². The van der Waals surface area contributed by atoms with Crippen LogP contribution in [-0.4, -0.2) is 31.2 Å². The summed E-state index contributed by atoms with van der Waals surface area (Å²) in [6.07, 6.45) is 1.52.